The van der Waals surface area contributed by atoms with Crippen LogP contribution in [0.15, 0.2) is 91.0 Å². The average molecular weight is 514 g/mol. The molecule has 4 aromatic rings. The van der Waals surface area contributed by atoms with E-state index >= 15 is 0 Å². The molecule has 0 saturated heterocycles. The van der Waals surface area contributed by atoms with Crippen molar-refractivity contribution in [3.05, 3.63) is 96.6 Å². The van der Waals surface area contributed by atoms with Gasteiger partial charge in [0.1, 0.15) is 18.1 Å². The Morgan fingerprint density at radius 3 is 1.92 bits per heavy atom. The van der Waals surface area contributed by atoms with Crippen LogP contribution in [0.5, 0.6) is 11.5 Å². The van der Waals surface area contributed by atoms with Gasteiger partial charge < -0.3 is 24.3 Å². The summed E-state index contributed by atoms with van der Waals surface area (Å²) in [6, 6.07) is 25.7. The van der Waals surface area contributed by atoms with Crippen molar-refractivity contribution in [2.24, 2.45) is 0 Å². The lowest BCUT2D eigenvalue weighted by Gasteiger charge is -2.17. The Balaban J connectivity index is 1.42. The maximum Gasteiger partial charge on any atom is 0.412 e. The summed E-state index contributed by atoms with van der Waals surface area (Å²) in [6.45, 7) is 6.44. The highest BCUT2D eigenvalue weighted by molar-refractivity contribution is 6.11. The molecule has 0 radical (unpaired) electrons. The van der Waals surface area contributed by atoms with Gasteiger partial charge in [0.15, 0.2) is 0 Å². The van der Waals surface area contributed by atoms with Crippen molar-refractivity contribution in [1.82, 2.24) is 5.32 Å². The Bertz CT molecular complexity index is 1360. The zero-order valence-electron chi connectivity index (χ0n) is 21.4. The molecule has 0 saturated carbocycles. The van der Waals surface area contributed by atoms with Gasteiger partial charge in [0.05, 0.1) is 19.8 Å². The van der Waals surface area contributed by atoms with Crippen molar-refractivity contribution in [3.8, 4) is 11.5 Å². The van der Waals surface area contributed by atoms with Crippen molar-refractivity contribution in [2.75, 3.05) is 33.0 Å². The van der Waals surface area contributed by atoms with E-state index in [0.29, 0.717) is 17.9 Å². The second kappa shape index (κ2) is 13.3. The molecule has 7 heteroatoms. The quantitative estimate of drug-likeness (QED) is 0.111. The second-order valence-electron chi connectivity index (χ2n) is 8.68. The minimum Gasteiger partial charge on any atom is -0.492 e. The first-order chi connectivity index (χ1) is 18.5. The number of amides is 1. The van der Waals surface area contributed by atoms with Gasteiger partial charge >= 0.3 is 12.1 Å². The third-order valence-corrected chi connectivity index (χ3v) is 5.83. The SMILES string of the molecule is C=C(C)C(=O)OCCOCCNC(=O)Oc1c2ccccc2c(OCCc2ccccc2)c2ccccc12. The van der Waals surface area contributed by atoms with E-state index in [9.17, 15) is 9.59 Å². The molecule has 1 N–H and O–H groups in total. The van der Waals surface area contributed by atoms with E-state index in [1.54, 1.807) is 6.92 Å². The summed E-state index contributed by atoms with van der Waals surface area (Å²) in [5.41, 5.74) is 1.54. The molecule has 1 amide bonds. The lowest BCUT2D eigenvalue weighted by atomic mass is 10.0. The number of hydrogen-bond donors (Lipinski definition) is 1. The Labute approximate surface area is 222 Å². The predicted octanol–water partition coefficient (Wildman–Crippen LogP) is 5.84. The van der Waals surface area contributed by atoms with Crippen LogP contribution in [-0.2, 0) is 20.7 Å². The number of nitrogens with one attached hydrogen (secondary N) is 1. The van der Waals surface area contributed by atoms with Gasteiger partial charge in [-0.25, -0.2) is 9.59 Å². The molecule has 0 spiro atoms. The van der Waals surface area contributed by atoms with E-state index in [0.717, 1.165) is 33.7 Å². The van der Waals surface area contributed by atoms with Crippen LogP contribution in [-0.4, -0.2) is 45.0 Å². The molecule has 0 aromatic heterocycles. The van der Waals surface area contributed by atoms with Crippen LogP contribution in [0.3, 0.4) is 0 Å². The van der Waals surface area contributed by atoms with Gasteiger partial charge in [0, 0.05) is 40.1 Å². The summed E-state index contributed by atoms with van der Waals surface area (Å²) in [7, 11) is 0. The van der Waals surface area contributed by atoms with Crippen LogP contribution in [0, 0.1) is 0 Å². The molecular formula is C31H31NO6. The van der Waals surface area contributed by atoms with Crippen molar-refractivity contribution >= 4 is 33.6 Å². The van der Waals surface area contributed by atoms with Crippen LogP contribution in [0.4, 0.5) is 4.79 Å². The number of esters is 1. The molecule has 0 aliphatic heterocycles. The van der Waals surface area contributed by atoms with Gasteiger partial charge in [-0.15, -0.1) is 0 Å². The highest BCUT2D eigenvalue weighted by atomic mass is 16.6. The summed E-state index contributed by atoms with van der Waals surface area (Å²) < 4.78 is 22.5. The van der Waals surface area contributed by atoms with Crippen molar-refractivity contribution < 1.29 is 28.5 Å². The maximum absolute atomic E-state index is 12.7. The largest absolute Gasteiger partial charge is 0.492 e. The summed E-state index contributed by atoms with van der Waals surface area (Å²) in [5.74, 6) is 0.778. The summed E-state index contributed by atoms with van der Waals surface area (Å²) in [5, 5.41) is 6.01. The molecule has 0 aliphatic carbocycles. The molecule has 0 unspecified atom stereocenters. The normalized spacial score (nSPS) is 10.8. The molecule has 0 heterocycles. The fourth-order valence-electron chi connectivity index (χ4n) is 4.00. The number of hydrogen-bond acceptors (Lipinski definition) is 6. The number of ether oxygens (including phenoxy) is 4. The van der Waals surface area contributed by atoms with Crippen molar-refractivity contribution in [2.45, 2.75) is 13.3 Å². The summed E-state index contributed by atoms with van der Waals surface area (Å²) in [6.07, 6.45) is 0.193. The predicted molar refractivity (Wildman–Crippen MR) is 148 cm³/mol. The number of carbonyl (C=O) groups excluding carboxylic acids is 2. The number of carbonyl (C=O) groups is 2. The van der Waals surface area contributed by atoms with E-state index in [2.05, 4.69) is 24.0 Å². The van der Waals surface area contributed by atoms with E-state index in [4.69, 9.17) is 18.9 Å². The van der Waals surface area contributed by atoms with Crippen LogP contribution >= 0.6 is 0 Å². The molecule has 4 aromatic carbocycles. The van der Waals surface area contributed by atoms with Gasteiger partial charge in [-0.1, -0.05) is 85.4 Å². The van der Waals surface area contributed by atoms with Crippen LogP contribution in [0.25, 0.3) is 21.5 Å². The Kier molecular flexibility index (Phi) is 9.32. The van der Waals surface area contributed by atoms with Crippen LogP contribution in [0.1, 0.15) is 12.5 Å². The first-order valence-electron chi connectivity index (χ1n) is 12.5. The highest BCUT2D eigenvalue weighted by Gasteiger charge is 2.18. The van der Waals surface area contributed by atoms with Crippen LogP contribution in [0.2, 0.25) is 0 Å². The minimum absolute atomic E-state index is 0.119. The fraction of sp³-hybridized carbons (Fsp3) is 0.226. The third kappa shape index (κ3) is 6.89. The van der Waals surface area contributed by atoms with Crippen molar-refractivity contribution in [1.29, 1.82) is 0 Å². The lowest BCUT2D eigenvalue weighted by molar-refractivity contribution is -0.140. The van der Waals surface area contributed by atoms with Gasteiger partial charge in [-0.3, -0.25) is 0 Å². The first-order valence-corrected chi connectivity index (χ1v) is 12.5. The summed E-state index contributed by atoms with van der Waals surface area (Å²) >= 11 is 0. The Morgan fingerprint density at radius 2 is 1.32 bits per heavy atom. The second-order valence-corrected chi connectivity index (χ2v) is 8.68. The third-order valence-electron chi connectivity index (χ3n) is 5.83. The number of benzene rings is 4. The maximum atomic E-state index is 12.7. The molecule has 0 atom stereocenters. The first kappa shape index (κ1) is 26.7. The zero-order chi connectivity index (χ0) is 26.7. The molecule has 0 bridgehead atoms. The zero-order valence-corrected chi connectivity index (χ0v) is 21.4. The van der Waals surface area contributed by atoms with Crippen LogP contribution < -0.4 is 14.8 Å². The van der Waals surface area contributed by atoms with E-state index in [-0.39, 0.29) is 26.4 Å². The smallest absolute Gasteiger partial charge is 0.412 e. The molecule has 7 nitrogen and oxygen atoms in total. The fourth-order valence-corrected chi connectivity index (χ4v) is 4.00. The molecule has 38 heavy (non-hydrogen) atoms. The molecular weight excluding hydrogens is 482 g/mol. The van der Waals surface area contributed by atoms with E-state index < -0.39 is 12.1 Å². The standard InChI is InChI=1S/C31H31NO6/c1-22(2)30(33)37-21-20-35-19-17-32-31(34)38-29-26-14-8-6-12-24(26)28(25-13-7-9-15-27(25)29)36-18-16-23-10-4-3-5-11-23/h3-15H,1,16-21H2,2H3,(H,32,34). The molecule has 0 aliphatic rings. The van der Waals surface area contributed by atoms with Crippen molar-refractivity contribution in [3.63, 3.8) is 0 Å². The minimum atomic E-state index is -0.588. The average Bonchev–Trinajstić information content (AvgIpc) is 2.94. The number of rotatable bonds is 12. The monoisotopic (exact) mass is 513 g/mol. The molecule has 4 rings (SSSR count). The van der Waals surface area contributed by atoms with Gasteiger partial charge in [0.25, 0.3) is 0 Å². The Morgan fingerprint density at radius 1 is 0.737 bits per heavy atom. The van der Waals surface area contributed by atoms with E-state index in [1.807, 2.05) is 66.7 Å². The topological polar surface area (TPSA) is 83.1 Å². The molecule has 196 valence electrons. The summed E-state index contributed by atoms with van der Waals surface area (Å²) in [4.78, 5) is 24.0. The highest BCUT2D eigenvalue weighted by Crippen LogP contribution is 2.42. The van der Waals surface area contributed by atoms with E-state index in [1.165, 1.54) is 5.56 Å². The van der Waals surface area contributed by atoms with Gasteiger partial charge in [0.2, 0.25) is 0 Å². The number of fused-ring (bicyclic) bond motifs is 2. The molecule has 0 fully saturated rings. The lowest BCUT2D eigenvalue weighted by Crippen LogP contribution is -2.30. The van der Waals surface area contributed by atoms with Gasteiger partial charge in [-0.2, -0.15) is 0 Å². The Hall–Kier alpha value is -4.36. The van der Waals surface area contributed by atoms with Gasteiger partial charge in [-0.05, 0) is 12.5 Å².